The first-order chi connectivity index (χ1) is 8.99. The summed E-state index contributed by atoms with van der Waals surface area (Å²) in [4.78, 5) is 22.2. The molecule has 0 saturated carbocycles. The summed E-state index contributed by atoms with van der Waals surface area (Å²) in [6, 6.07) is 9.44. The van der Waals surface area contributed by atoms with Gasteiger partial charge in [0.15, 0.2) is 5.78 Å². The quantitative estimate of drug-likeness (QED) is 0.483. The number of rotatable bonds is 3. The molecule has 0 heterocycles. The molecule has 5 heteroatoms. The van der Waals surface area contributed by atoms with Gasteiger partial charge in [-0.25, -0.2) is 4.39 Å². The SMILES string of the molecule is Cc1ccc(F)c(C(=O)c2cccc([N+](=O)[O-])c2)c1. The Morgan fingerprint density at radius 1 is 1.21 bits per heavy atom. The zero-order chi connectivity index (χ0) is 14.0. The summed E-state index contributed by atoms with van der Waals surface area (Å²) >= 11 is 0. The molecule has 0 saturated heterocycles. The van der Waals surface area contributed by atoms with Crippen LogP contribution in [0.15, 0.2) is 42.5 Å². The monoisotopic (exact) mass is 259 g/mol. The molecule has 0 fully saturated rings. The van der Waals surface area contributed by atoms with Crippen LogP contribution in [0, 0.1) is 22.9 Å². The molecule has 2 aromatic carbocycles. The van der Waals surface area contributed by atoms with E-state index in [2.05, 4.69) is 0 Å². The van der Waals surface area contributed by atoms with Gasteiger partial charge in [-0.3, -0.25) is 14.9 Å². The van der Waals surface area contributed by atoms with E-state index in [0.29, 0.717) is 0 Å². The lowest BCUT2D eigenvalue weighted by molar-refractivity contribution is -0.384. The minimum absolute atomic E-state index is 0.0829. The van der Waals surface area contributed by atoms with Crippen molar-refractivity contribution in [1.82, 2.24) is 0 Å². The topological polar surface area (TPSA) is 60.2 Å². The Bertz CT molecular complexity index is 667. The number of nitro groups is 1. The highest BCUT2D eigenvalue weighted by molar-refractivity contribution is 6.09. The van der Waals surface area contributed by atoms with Crippen molar-refractivity contribution in [2.24, 2.45) is 0 Å². The van der Waals surface area contributed by atoms with Gasteiger partial charge < -0.3 is 0 Å². The van der Waals surface area contributed by atoms with Gasteiger partial charge in [0.1, 0.15) is 5.82 Å². The van der Waals surface area contributed by atoms with E-state index in [0.717, 1.165) is 11.6 Å². The van der Waals surface area contributed by atoms with Gasteiger partial charge in [0.25, 0.3) is 5.69 Å². The Morgan fingerprint density at radius 2 is 1.95 bits per heavy atom. The summed E-state index contributed by atoms with van der Waals surface area (Å²) in [5, 5.41) is 10.7. The van der Waals surface area contributed by atoms with E-state index in [1.54, 1.807) is 13.0 Å². The van der Waals surface area contributed by atoms with Crippen LogP contribution in [0.3, 0.4) is 0 Å². The fourth-order valence-electron chi connectivity index (χ4n) is 1.73. The highest BCUT2D eigenvalue weighted by Crippen LogP contribution is 2.19. The zero-order valence-corrected chi connectivity index (χ0v) is 10.1. The predicted molar refractivity (Wildman–Crippen MR) is 67.7 cm³/mol. The molecule has 0 bridgehead atoms. The molecule has 0 aromatic heterocycles. The van der Waals surface area contributed by atoms with E-state index in [9.17, 15) is 19.3 Å². The van der Waals surface area contributed by atoms with E-state index in [4.69, 9.17) is 0 Å². The molecule has 2 aromatic rings. The second-order valence-corrected chi connectivity index (χ2v) is 4.12. The van der Waals surface area contributed by atoms with Gasteiger partial charge in [0.2, 0.25) is 0 Å². The number of hydrogen-bond acceptors (Lipinski definition) is 3. The average Bonchev–Trinajstić information content (AvgIpc) is 2.41. The smallest absolute Gasteiger partial charge is 0.270 e. The molecule has 0 N–H and O–H groups in total. The maximum Gasteiger partial charge on any atom is 0.270 e. The van der Waals surface area contributed by atoms with Gasteiger partial charge in [-0.15, -0.1) is 0 Å². The number of carbonyl (C=O) groups is 1. The predicted octanol–water partition coefficient (Wildman–Crippen LogP) is 3.27. The van der Waals surface area contributed by atoms with Gasteiger partial charge in [0.05, 0.1) is 10.5 Å². The summed E-state index contributed by atoms with van der Waals surface area (Å²) in [6.07, 6.45) is 0. The fraction of sp³-hybridized carbons (Fsp3) is 0.0714. The molecule has 0 spiro atoms. The molecule has 0 atom stereocenters. The number of aryl methyl sites for hydroxylation is 1. The molecule has 4 nitrogen and oxygen atoms in total. The van der Waals surface area contributed by atoms with Crippen molar-refractivity contribution in [2.45, 2.75) is 6.92 Å². The average molecular weight is 259 g/mol. The van der Waals surface area contributed by atoms with E-state index in [1.165, 1.54) is 30.3 Å². The largest absolute Gasteiger partial charge is 0.288 e. The van der Waals surface area contributed by atoms with Crippen molar-refractivity contribution < 1.29 is 14.1 Å². The highest BCUT2D eigenvalue weighted by atomic mass is 19.1. The van der Waals surface area contributed by atoms with Crippen molar-refractivity contribution in [3.63, 3.8) is 0 Å². The Morgan fingerprint density at radius 3 is 2.63 bits per heavy atom. The third kappa shape index (κ3) is 2.65. The van der Waals surface area contributed by atoms with Crippen LogP contribution in [0.4, 0.5) is 10.1 Å². The van der Waals surface area contributed by atoms with Crippen molar-refractivity contribution in [3.8, 4) is 0 Å². The highest BCUT2D eigenvalue weighted by Gasteiger charge is 2.16. The van der Waals surface area contributed by atoms with Gasteiger partial charge in [-0.05, 0) is 19.1 Å². The van der Waals surface area contributed by atoms with Gasteiger partial charge in [0, 0.05) is 17.7 Å². The Kier molecular flexibility index (Phi) is 3.37. The summed E-state index contributed by atoms with van der Waals surface area (Å²) in [7, 11) is 0. The first kappa shape index (κ1) is 12.9. The number of carbonyl (C=O) groups excluding carboxylic acids is 1. The molecule has 0 amide bonds. The molecule has 0 unspecified atom stereocenters. The normalized spacial score (nSPS) is 10.2. The van der Waals surface area contributed by atoms with E-state index in [-0.39, 0.29) is 16.8 Å². The minimum atomic E-state index is -0.637. The lowest BCUT2D eigenvalue weighted by atomic mass is 10.0. The number of benzene rings is 2. The van der Waals surface area contributed by atoms with Crippen LogP contribution >= 0.6 is 0 Å². The standard InChI is InChI=1S/C14H10FNO3/c1-9-5-6-13(15)12(7-9)14(17)10-3-2-4-11(8-10)16(18)19/h2-8H,1H3. The summed E-state index contributed by atoms with van der Waals surface area (Å²) in [5.41, 5.74) is 0.563. The lowest BCUT2D eigenvalue weighted by Gasteiger charge is -2.04. The third-order valence-electron chi connectivity index (χ3n) is 2.69. The minimum Gasteiger partial charge on any atom is -0.288 e. The molecule has 0 aliphatic heterocycles. The maximum absolute atomic E-state index is 13.6. The lowest BCUT2D eigenvalue weighted by Crippen LogP contribution is -2.05. The van der Waals surface area contributed by atoms with Gasteiger partial charge >= 0.3 is 0 Å². The number of nitrogens with zero attached hydrogens (tertiary/aromatic N) is 1. The third-order valence-corrected chi connectivity index (χ3v) is 2.69. The fourth-order valence-corrected chi connectivity index (χ4v) is 1.73. The number of nitro benzene ring substituents is 1. The van der Waals surface area contributed by atoms with Crippen LogP contribution in [-0.4, -0.2) is 10.7 Å². The molecule has 96 valence electrons. The van der Waals surface area contributed by atoms with Gasteiger partial charge in [-0.2, -0.15) is 0 Å². The Labute approximate surface area is 108 Å². The molecule has 0 aliphatic rings. The van der Waals surface area contributed by atoms with E-state index < -0.39 is 16.5 Å². The van der Waals surface area contributed by atoms with Crippen LogP contribution in [0.1, 0.15) is 21.5 Å². The second kappa shape index (κ2) is 4.97. The number of ketones is 1. The number of non-ortho nitro benzene ring substituents is 1. The zero-order valence-electron chi connectivity index (χ0n) is 10.1. The molecule has 0 aliphatic carbocycles. The summed E-state index contributed by atoms with van der Waals surface area (Å²) < 4.78 is 13.6. The Balaban J connectivity index is 2.47. The van der Waals surface area contributed by atoms with Crippen molar-refractivity contribution in [1.29, 1.82) is 0 Å². The number of hydrogen-bond donors (Lipinski definition) is 0. The first-order valence-corrected chi connectivity index (χ1v) is 5.54. The van der Waals surface area contributed by atoms with Crippen LogP contribution in [0.5, 0.6) is 0 Å². The summed E-state index contributed by atoms with van der Waals surface area (Å²) in [5.74, 6) is -1.20. The molecule has 0 radical (unpaired) electrons. The molecule has 2 rings (SSSR count). The molecular formula is C14H10FNO3. The van der Waals surface area contributed by atoms with E-state index in [1.807, 2.05) is 0 Å². The van der Waals surface area contributed by atoms with Gasteiger partial charge in [-0.1, -0.05) is 23.8 Å². The summed E-state index contributed by atoms with van der Waals surface area (Å²) in [6.45, 7) is 1.74. The van der Waals surface area contributed by atoms with Crippen LogP contribution in [-0.2, 0) is 0 Å². The van der Waals surface area contributed by atoms with Crippen molar-refractivity contribution in [2.75, 3.05) is 0 Å². The van der Waals surface area contributed by atoms with Crippen LogP contribution < -0.4 is 0 Å². The van der Waals surface area contributed by atoms with Crippen LogP contribution in [0.25, 0.3) is 0 Å². The van der Waals surface area contributed by atoms with Crippen LogP contribution in [0.2, 0.25) is 0 Å². The molecule has 19 heavy (non-hydrogen) atoms. The molecular weight excluding hydrogens is 249 g/mol. The van der Waals surface area contributed by atoms with E-state index >= 15 is 0 Å². The Hall–Kier alpha value is -2.56. The first-order valence-electron chi connectivity index (χ1n) is 5.54. The second-order valence-electron chi connectivity index (χ2n) is 4.12. The van der Waals surface area contributed by atoms with Crippen molar-refractivity contribution in [3.05, 3.63) is 75.1 Å². The van der Waals surface area contributed by atoms with Crippen molar-refractivity contribution >= 4 is 11.5 Å². The maximum atomic E-state index is 13.6. The number of halogens is 1.